The van der Waals surface area contributed by atoms with Crippen molar-refractivity contribution < 1.29 is 4.79 Å². The van der Waals surface area contributed by atoms with Gasteiger partial charge in [0.15, 0.2) is 16.8 Å². The molecule has 1 aromatic carbocycles. The Morgan fingerprint density at radius 1 is 1.14 bits per heavy atom. The lowest BCUT2D eigenvalue weighted by Gasteiger charge is -2.08. The van der Waals surface area contributed by atoms with Crippen LogP contribution in [0.5, 0.6) is 0 Å². The molecule has 2 aromatic heterocycles. The lowest BCUT2D eigenvalue weighted by Crippen LogP contribution is -2.07. The number of aromatic nitrogens is 4. The Labute approximate surface area is 175 Å². The van der Waals surface area contributed by atoms with Gasteiger partial charge in [0.05, 0.1) is 5.75 Å². The van der Waals surface area contributed by atoms with E-state index < -0.39 is 0 Å². The average molecular weight is 417 g/mol. The molecule has 0 fully saturated rings. The van der Waals surface area contributed by atoms with Crippen LogP contribution in [-0.4, -0.2) is 30.9 Å². The van der Waals surface area contributed by atoms with Crippen molar-refractivity contribution in [2.45, 2.75) is 52.4 Å². The van der Waals surface area contributed by atoms with Gasteiger partial charge in [0, 0.05) is 40.6 Å². The maximum Gasteiger partial charge on any atom is 0.191 e. The highest BCUT2D eigenvalue weighted by Crippen LogP contribution is 2.27. The third-order valence-corrected chi connectivity index (χ3v) is 5.97. The van der Waals surface area contributed by atoms with E-state index in [-0.39, 0.29) is 5.78 Å². The first-order chi connectivity index (χ1) is 13.5. The third kappa shape index (κ3) is 4.18. The molecule has 2 heterocycles. The first-order valence-electron chi connectivity index (χ1n) is 9.48. The first kappa shape index (κ1) is 20.7. The van der Waals surface area contributed by atoms with Crippen LogP contribution in [0.3, 0.4) is 0 Å². The number of carbonyl (C=O) groups is 1. The summed E-state index contributed by atoms with van der Waals surface area (Å²) in [6.45, 7) is 9.92. The van der Waals surface area contributed by atoms with Gasteiger partial charge >= 0.3 is 0 Å². The summed E-state index contributed by atoms with van der Waals surface area (Å²) in [6.07, 6.45) is 1.05. The number of nitrogens with zero attached hydrogens (tertiary/aromatic N) is 4. The highest BCUT2D eigenvalue weighted by atomic mass is 35.5. The molecule has 0 aliphatic heterocycles. The highest BCUT2D eigenvalue weighted by Gasteiger charge is 2.18. The molecule has 0 atom stereocenters. The van der Waals surface area contributed by atoms with Gasteiger partial charge in [-0.2, -0.15) is 0 Å². The molecule has 28 heavy (non-hydrogen) atoms. The summed E-state index contributed by atoms with van der Waals surface area (Å²) in [5.74, 6) is 1.22. The van der Waals surface area contributed by atoms with Crippen LogP contribution in [0.1, 0.15) is 42.0 Å². The van der Waals surface area contributed by atoms with E-state index in [1.807, 2.05) is 48.7 Å². The number of ketones is 1. The Balaban J connectivity index is 1.78. The first-order valence-corrected chi connectivity index (χ1v) is 10.8. The van der Waals surface area contributed by atoms with Crippen molar-refractivity contribution in [3.63, 3.8) is 0 Å². The number of aryl methyl sites for hydroxylation is 1. The van der Waals surface area contributed by atoms with Gasteiger partial charge in [0.2, 0.25) is 0 Å². The normalized spacial score (nSPS) is 11.2. The van der Waals surface area contributed by atoms with E-state index in [0.29, 0.717) is 10.8 Å². The molecule has 0 aliphatic rings. The molecular weight excluding hydrogens is 392 g/mol. The summed E-state index contributed by atoms with van der Waals surface area (Å²) in [5.41, 5.74) is 3.90. The molecule has 0 unspecified atom stereocenters. The predicted molar refractivity (Wildman–Crippen MR) is 115 cm³/mol. The maximum atomic E-state index is 12.8. The summed E-state index contributed by atoms with van der Waals surface area (Å²) in [5, 5.41) is 10.0. The lowest BCUT2D eigenvalue weighted by atomic mass is 10.2. The molecule has 0 amide bonds. The van der Waals surface area contributed by atoms with Crippen molar-refractivity contribution in [2.24, 2.45) is 0 Å². The average Bonchev–Trinajstić information content (AvgIpc) is 3.22. The minimum Gasteiger partial charge on any atom is -0.348 e. The molecule has 0 aliphatic carbocycles. The highest BCUT2D eigenvalue weighted by molar-refractivity contribution is 7.99. The molecular formula is C21H25ClN4OS. The van der Waals surface area contributed by atoms with Crippen molar-refractivity contribution in [2.75, 3.05) is 5.75 Å². The van der Waals surface area contributed by atoms with E-state index in [4.69, 9.17) is 11.6 Å². The van der Waals surface area contributed by atoms with Crippen LogP contribution < -0.4 is 0 Å². The lowest BCUT2D eigenvalue weighted by molar-refractivity contribution is 0.102. The van der Waals surface area contributed by atoms with E-state index in [1.165, 1.54) is 11.8 Å². The van der Waals surface area contributed by atoms with Crippen molar-refractivity contribution in [1.29, 1.82) is 0 Å². The van der Waals surface area contributed by atoms with E-state index in [1.54, 1.807) is 0 Å². The molecule has 5 nitrogen and oxygen atoms in total. The van der Waals surface area contributed by atoms with Gasteiger partial charge < -0.3 is 9.13 Å². The van der Waals surface area contributed by atoms with Crippen LogP contribution in [0, 0.1) is 13.8 Å². The van der Waals surface area contributed by atoms with Crippen molar-refractivity contribution in [1.82, 2.24) is 19.3 Å². The molecule has 3 rings (SSSR count). The van der Waals surface area contributed by atoms with Crippen LogP contribution in [-0.2, 0) is 13.1 Å². The number of rotatable bonds is 8. The van der Waals surface area contributed by atoms with Gasteiger partial charge in [0.25, 0.3) is 0 Å². The topological polar surface area (TPSA) is 52.7 Å². The monoisotopic (exact) mass is 416 g/mol. The summed E-state index contributed by atoms with van der Waals surface area (Å²) in [6, 6.07) is 9.57. The summed E-state index contributed by atoms with van der Waals surface area (Å²) >= 11 is 7.54. The SMILES string of the molecule is CCCn1c(C)cc(C(=O)CSc2nnc(-c3cccc(Cl)c3)n2CC)c1C. The Bertz CT molecular complexity index is 992. The summed E-state index contributed by atoms with van der Waals surface area (Å²) in [4.78, 5) is 12.8. The van der Waals surface area contributed by atoms with Gasteiger partial charge in [-0.15, -0.1) is 10.2 Å². The predicted octanol–water partition coefficient (Wildman–Crippen LogP) is 5.42. The zero-order valence-electron chi connectivity index (χ0n) is 16.7. The fourth-order valence-corrected chi connectivity index (χ4v) is 4.46. The second-order valence-corrected chi connectivity index (χ2v) is 8.09. The Hall–Kier alpha value is -2.05. The van der Waals surface area contributed by atoms with Crippen molar-refractivity contribution in [3.8, 4) is 11.4 Å². The minimum absolute atomic E-state index is 0.121. The standard InChI is InChI=1S/C21H25ClN4OS/c1-5-10-26-14(3)11-18(15(26)4)19(27)13-28-21-24-23-20(25(21)6-2)16-8-7-9-17(22)12-16/h7-9,11-12H,5-6,10,13H2,1-4H3. The molecule has 148 valence electrons. The second-order valence-electron chi connectivity index (χ2n) is 6.71. The van der Waals surface area contributed by atoms with Crippen molar-refractivity contribution >= 4 is 29.1 Å². The van der Waals surface area contributed by atoms with E-state index in [9.17, 15) is 4.79 Å². The van der Waals surface area contributed by atoms with E-state index in [0.717, 1.165) is 53.0 Å². The van der Waals surface area contributed by atoms with Crippen LogP contribution >= 0.6 is 23.4 Å². The number of halogens is 1. The fraction of sp³-hybridized carbons (Fsp3) is 0.381. The van der Waals surface area contributed by atoms with Crippen LogP contribution in [0.2, 0.25) is 5.02 Å². The third-order valence-electron chi connectivity index (χ3n) is 4.77. The molecule has 7 heteroatoms. The van der Waals surface area contributed by atoms with Crippen molar-refractivity contribution in [3.05, 3.63) is 52.3 Å². The zero-order chi connectivity index (χ0) is 20.3. The molecule has 3 aromatic rings. The maximum absolute atomic E-state index is 12.8. The number of carbonyl (C=O) groups excluding carboxylic acids is 1. The van der Waals surface area contributed by atoms with E-state index >= 15 is 0 Å². The van der Waals surface area contributed by atoms with Gasteiger partial charge in [-0.1, -0.05) is 42.4 Å². The van der Waals surface area contributed by atoms with Crippen LogP contribution in [0.25, 0.3) is 11.4 Å². The van der Waals surface area contributed by atoms with Crippen LogP contribution in [0.4, 0.5) is 0 Å². The Kier molecular flexibility index (Phi) is 6.62. The minimum atomic E-state index is 0.121. The fourth-order valence-electron chi connectivity index (χ4n) is 3.38. The number of thioether (sulfide) groups is 1. The summed E-state index contributed by atoms with van der Waals surface area (Å²) in [7, 11) is 0. The van der Waals surface area contributed by atoms with Gasteiger partial charge in [-0.25, -0.2) is 0 Å². The van der Waals surface area contributed by atoms with Gasteiger partial charge in [-0.3, -0.25) is 4.79 Å². The molecule has 0 saturated heterocycles. The van der Waals surface area contributed by atoms with Gasteiger partial charge in [0.1, 0.15) is 0 Å². The smallest absolute Gasteiger partial charge is 0.191 e. The Morgan fingerprint density at radius 3 is 2.61 bits per heavy atom. The molecule has 0 saturated carbocycles. The molecule has 0 spiro atoms. The zero-order valence-corrected chi connectivity index (χ0v) is 18.3. The number of benzene rings is 1. The quantitative estimate of drug-likeness (QED) is 0.363. The number of Topliss-reactive ketones (excluding diaryl/α,β-unsaturated/α-hetero) is 1. The largest absolute Gasteiger partial charge is 0.348 e. The molecule has 0 bridgehead atoms. The molecule has 0 N–H and O–H groups in total. The van der Waals surface area contributed by atoms with Crippen LogP contribution in [0.15, 0.2) is 35.5 Å². The number of hydrogen-bond donors (Lipinski definition) is 0. The number of hydrogen-bond acceptors (Lipinski definition) is 4. The van der Waals surface area contributed by atoms with Gasteiger partial charge in [-0.05, 0) is 45.4 Å². The Morgan fingerprint density at radius 2 is 1.93 bits per heavy atom. The second kappa shape index (κ2) is 8.97. The summed E-state index contributed by atoms with van der Waals surface area (Å²) < 4.78 is 4.23. The van der Waals surface area contributed by atoms with E-state index in [2.05, 4.69) is 28.6 Å². The molecule has 0 radical (unpaired) electrons.